The Bertz CT molecular complexity index is 269. The molecule has 1 unspecified atom stereocenters. The number of likely N-dealkylation sites (N-methyl/N-ethyl adjacent to an activating group) is 1. The quantitative estimate of drug-likeness (QED) is 0.626. The van der Waals surface area contributed by atoms with Crippen molar-refractivity contribution in [2.24, 2.45) is 0 Å². The number of nitrogens with two attached hydrogens (primary N) is 1. The summed E-state index contributed by atoms with van der Waals surface area (Å²) >= 11 is 0. The molecule has 1 atom stereocenters. The molecule has 0 radical (unpaired) electrons. The fourth-order valence-corrected chi connectivity index (χ4v) is 1.59. The van der Waals surface area contributed by atoms with Crippen LogP contribution in [0, 0.1) is 0 Å². The van der Waals surface area contributed by atoms with Gasteiger partial charge in [0, 0.05) is 6.54 Å². The van der Waals surface area contributed by atoms with E-state index in [0.29, 0.717) is 12.0 Å². The highest BCUT2D eigenvalue weighted by Gasteiger charge is 2.21. The molecule has 5 nitrogen and oxygen atoms in total. The molecule has 1 saturated heterocycles. The van der Waals surface area contributed by atoms with E-state index in [2.05, 4.69) is 22.0 Å². The predicted molar refractivity (Wildman–Crippen MR) is 45.6 cm³/mol. The first-order valence-electron chi connectivity index (χ1n) is 4.11. The number of anilines is 1. The van der Waals surface area contributed by atoms with Gasteiger partial charge in [-0.1, -0.05) is 0 Å². The molecule has 0 aliphatic carbocycles. The second-order valence-electron chi connectivity index (χ2n) is 3.29. The van der Waals surface area contributed by atoms with Crippen molar-refractivity contribution < 1.29 is 0 Å². The van der Waals surface area contributed by atoms with Crippen molar-refractivity contribution >= 4 is 5.95 Å². The Labute approximate surface area is 71.2 Å². The molecule has 1 aromatic rings. The molecular weight excluding hydrogens is 154 g/mol. The van der Waals surface area contributed by atoms with Gasteiger partial charge in [-0.05, 0) is 20.0 Å². The van der Waals surface area contributed by atoms with Crippen LogP contribution < -0.4 is 5.73 Å². The van der Waals surface area contributed by atoms with Crippen molar-refractivity contribution in [3.8, 4) is 0 Å². The lowest BCUT2D eigenvalue weighted by atomic mass is 10.3. The molecule has 1 aliphatic rings. The zero-order chi connectivity index (χ0) is 8.55. The number of nitrogens with zero attached hydrogens (tertiary/aromatic N) is 4. The minimum absolute atomic E-state index is 0.365. The molecular formula is C7H13N5. The molecule has 5 heteroatoms. The van der Waals surface area contributed by atoms with Gasteiger partial charge in [-0.25, -0.2) is 9.67 Å². The summed E-state index contributed by atoms with van der Waals surface area (Å²) < 4.78 is 1.86. The van der Waals surface area contributed by atoms with E-state index in [1.807, 2.05) is 4.68 Å². The number of rotatable bonds is 1. The first-order valence-corrected chi connectivity index (χ1v) is 4.11. The fraction of sp³-hybridized carbons (Fsp3) is 0.714. The van der Waals surface area contributed by atoms with Crippen LogP contribution in [0.1, 0.15) is 12.5 Å². The van der Waals surface area contributed by atoms with Gasteiger partial charge in [0.1, 0.15) is 6.33 Å². The van der Waals surface area contributed by atoms with Crippen molar-refractivity contribution in [1.82, 2.24) is 19.7 Å². The predicted octanol–water partition coefficient (Wildman–Crippen LogP) is -0.263. The smallest absolute Gasteiger partial charge is 0.239 e. The molecule has 0 saturated carbocycles. The molecule has 0 amide bonds. The van der Waals surface area contributed by atoms with Crippen LogP contribution in [0.15, 0.2) is 6.33 Å². The maximum Gasteiger partial charge on any atom is 0.239 e. The Morgan fingerprint density at radius 2 is 2.50 bits per heavy atom. The monoisotopic (exact) mass is 167 g/mol. The lowest BCUT2D eigenvalue weighted by molar-refractivity contribution is 0.382. The summed E-state index contributed by atoms with van der Waals surface area (Å²) in [6.45, 7) is 2.17. The lowest BCUT2D eigenvalue weighted by Crippen LogP contribution is -2.16. The molecule has 2 rings (SSSR count). The van der Waals surface area contributed by atoms with E-state index in [9.17, 15) is 0 Å². The van der Waals surface area contributed by atoms with E-state index in [-0.39, 0.29) is 0 Å². The molecule has 0 aromatic carbocycles. The highest BCUT2D eigenvalue weighted by molar-refractivity contribution is 5.09. The number of likely N-dealkylation sites (tertiary alicyclic amines) is 1. The van der Waals surface area contributed by atoms with Gasteiger partial charge in [-0.3, -0.25) is 0 Å². The Morgan fingerprint density at radius 3 is 3.00 bits per heavy atom. The first-order chi connectivity index (χ1) is 5.75. The van der Waals surface area contributed by atoms with Crippen LogP contribution in [0.5, 0.6) is 0 Å². The molecule has 66 valence electrons. The van der Waals surface area contributed by atoms with Crippen LogP contribution in [0.25, 0.3) is 0 Å². The maximum atomic E-state index is 5.42. The topological polar surface area (TPSA) is 60.0 Å². The van der Waals surface area contributed by atoms with Crippen LogP contribution in [-0.2, 0) is 0 Å². The minimum atomic E-state index is 0.365. The summed E-state index contributed by atoms with van der Waals surface area (Å²) in [7, 11) is 2.11. The first kappa shape index (κ1) is 7.54. The van der Waals surface area contributed by atoms with Crippen LogP contribution in [0.2, 0.25) is 0 Å². The maximum absolute atomic E-state index is 5.42. The zero-order valence-electron chi connectivity index (χ0n) is 7.14. The van der Waals surface area contributed by atoms with Crippen molar-refractivity contribution in [3.05, 3.63) is 6.33 Å². The van der Waals surface area contributed by atoms with Crippen LogP contribution in [-0.4, -0.2) is 39.8 Å². The molecule has 12 heavy (non-hydrogen) atoms. The summed E-state index contributed by atoms with van der Waals surface area (Å²) in [6.07, 6.45) is 2.85. The van der Waals surface area contributed by atoms with Crippen molar-refractivity contribution in [2.75, 3.05) is 25.9 Å². The highest BCUT2D eigenvalue weighted by Crippen LogP contribution is 2.18. The largest absolute Gasteiger partial charge is 0.367 e. The lowest BCUT2D eigenvalue weighted by Gasteiger charge is -2.09. The van der Waals surface area contributed by atoms with E-state index in [1.165, 1.54) is 0 Å². The van der Waals surface area contributed by atoms with Gasteiger partial charge in [0.2, 0.25) is 5.95 Å². The molecule has 0 bridgehead atoms. The molecule has 1 aliphatic heterocycles. The second-order valence-corrected chi connectivity index (χ2v) is 3.29. The average molecular weight is 167 g/mol. The van der Waals surface area contributed by atoms with Gasteiger partial charge >= 0.3 is 0 Å². The molecule has 0 spiro atoms. The Kier molecular flexibility index (Phi) is 1.73. The number of hydrogen-bond donors (Lipinski definition) is 1. The Balaban J connectivity index is 2.11. The standard InChI is InChI=1S/C7H13N5/c1-11-3-2-6(4-11)12-5-9-7(8)10-12/h5-6H,2-4H2,1H3,(H2,8,10). The summed E-state index contributed by atoms with van der Waals surface area (Å²) in [5, 5.41) is 4.08. The summed E-state index contributed by atoms with van der Waals surface area (Å²) in [6, 6.07) is 0.458. The third-order valence-corrected chi connectivity index (χ3v) is 2.27. The van der Waals surface area contributed by atoms with Crippen LogP contribution >= 0.6 is 0 Å². The highest BCUT2D eigenvalue weighted by atomic mass is 15.4. The van der Waals surface area contributed by atoms with Gasteiger partial charge in [-0.15, -0.1) is 5.10 Å². The summed E-state index contributed by atoms with van der Waals surface area (Å²) in [4.78, 5) is 6.18. The van der Waals surface area contributed by atoms with Gasteiger partial charge in [0.15, 0.2) is 0 Å². The van der Waals surface area contributed by atoms with Crippen molar-refractivity contribution in [1.29, 1.82) is 0 Å². The SMILES string of the molecule is CN1CCC(n2cnc(N)n2)C1. The normalized spacial score (nSPS) is 24.9. The van der Waals surface area contributed by atoms with Crippen molar-refractivity contribution in [2.45, 2.75) is 12.5 Å². The summed E-state index contributed by atoms with van der Waals surface area (Å²) in [5.41, 5.74) is 5.42. The number of nitrogen functional groups attached to an aromatic ring is 1. The van der Waals surface area contributed by atoms with Crippen LogP contribution in [0.3, 0.4) is 0 Å². The molecule has 1 fully saturated rings. The van der Waals surface area contributed by atoms with E-state index >= 15 is 0 Å². The molecule has 1 aromatic heterocycles. The van der Waals surface area contributed by atoms with Gasteiger partial charge in [0.25, 0.3) is 0 Å². The molecule has 2 heterocycles. The van der Waals surface area contributed by atoms with Gasteiger partial charge in [-0.2, -0.15) is 0 Å². The Hall–Kier alpha value is -1.10. The fourth-order valence-electron chi connectivity index (χ4n) is 1.59. The van der Waals surface area contributed by atoms with E-state index in [4.69, 9.17) is 5.73 Å². The zero-order valence-corrected chi connectivity index (χ0v) is 7.14. The van der Waals surface area contributed by atoms with E-state index in [1.54, 1.807) is 6.33 Å². The Morgan fingerprint density at radius 1 is 1.67 bits per heavy atom. The summed E-state index contributed by atoms with van der Waals surface area (Å²) in [5.74, 6) is 0.365. The van der Waals surface area contributed by atoms with Crippen LogP contribution in [0.4, 0.5) is 5.95 Å². The molecule has 2 N–H and O–H groups in total. The van der Waals surface area contributed by atoms with E-state index in [0.717, 1.165) is 19.5 Å². The minimum Gasteiger partial charge on any atom is -0.367 e. The van der Waals surface area contributed by atoms with Gasteiger partial charge in [0.05, 0.1) is 6.04 Å². The number of hydrogen-bond acceptors (Lipinski definition) is 4. The van der Waals surface area contributed by atoms with Crippen molar-refractivity contribution in [3.63, 3.8) is 0 Å². The van der Waals surface area contributed by atoms with E-state index < -0.39 is 0 Å². The second kappa shape index (κ2) is 2.75. The third-order valence-electron chi connectivity index (χ3n) is 2.27. The average Bonchev–Trinajstić information content (AvgIpc) is 2.58. The number of aromatic nitrogens is 3. The third kappa shape index (κ3) is 1.27. The van der Waals surface area contributed by atoms with Gasteiger partial charge < -0.3 is 10.6 Å².